The molecule has 1 aromatic rings. The molecule has 0 saturated carbocycles. The van der Waals surface area contributed by atoms with Crippen LogP contribution in [0.15, 0.2) is 24.3 Å². The van der Waals surface area contributed by atoms with Gasteiger partial charge >= 0.3 is 6.18 Å². The van der Waals surface area contributed by atoms with Gasteiger partial charge in [0.15, 0.2) is 6.29 Å². The Morgan fingerprint density at radius 2 is 1.95 bits per heavy atom. The molecule has 3 nitrogen and oxygen atoms in total. The topological polar surface area (TPSA) is 29.5 Å². The molecule has 0 N–H and O–H groups in total. The highest BCUT2D eigenvalue weighted by molar-refractivity contribution is 5.62. The average molecular weight is 273 g/mol. The molecule has 19 heavy (non-hydrogen) atoms. The van der Waals surface area contributed by atoms with Crippen molar-refractivity contribution in [2.45, 2.75) is 31.2 Å². The maximum atomic E-state index is 12.5. The fourth-order valence-corrected chi connectivity index (χ4v) is 2.23. The quantitative estimate of drug-likeness (QED) is 0.776. The molecule has 1 aliphatic heterocycles. The molecular weight excluding hydrogens is 259 g/mol. The molecule has 0 radical (unpaired) electrons. The van der Waals surface area contributed by atoms with Crippen molar-refractivity contribution in [3.05, 3.63) is 35.4 Å². The molecule has 0 bridgehead atoms. The molecule has 1 saturated heterocycles. The van der Waals surface area contributed by atoms with Crippen LogP contribution in [-0.2, 0) is 15.8 Å². The van der Waals surface area contributed by atoms with E-state index < -0.39 is 17.3 Å². The second-order valence-electron chi connectivity index (χ2n) is 4.91. The summed E-state index contributed by atoms with van der Waals surface area (Å²) in [6.07, 6.45) is -3.21. The third-order valence-electron chi connectivity index (χ3n) is 3.26. The van der Waals surface area contributed by atoms with Crippen LogP contribution in [0.5, 0.6) is 0 Å². The summed E-state index contributed by atoms with van der Waals surface area (Å²) >= 11 is 0. The van der Waals surface area contributed by atoms with Crippen LogP contribution in [0.2, 0.25) is 0 Å². The van der Waals surface area contributed by atoms with E-state index >= 15 is 0 Å². The fourth-order valence-electron chi connectivity index (χ4n) is 2.23. The largest absolute Gasteiger partial charge is 0.416 e. The van der Waals surface area contributed by atoms with Crippen molar-refractivity contribution < 1.29 is 22.8 Å². The van der Waals surface area contributed by atoms with Crippen molar-refractivity contribution in [3.63, 3.8) is 0 Å². The lowest BCUT2D eigenvalue weighted by Crippen LogP contribution is -2.27. The average Bonchev–Trinajstić information content (AvgIpc) is 2.65. The lowest BCUT2D eigenvalue weighted by atomic mass is 9.94. The number of carbonyl (C=O) groups excluding carboxylic acids is 1. The van der Waals surface area contributed by atoms with E-state index in [-0.39, 0.29) is 6.04 Å². The molecule has 104 valence electrons. The summed E-state index contributed by atoms with van der Waals surface area (Å²) in [5.74, 6) is 0. The molecule has 0 amide bonds. The maximum absolute atomic E-state index is 12.5. The van der Waals surface area contributed by atoms with Crippen LogP contribution in [0.4, 0.5) is 13.2 Å². The highest BCUT2D eigenvalue weighted by Gasteiger charge is 2.41. The Balaban J connectivity index is 2.22. The SMILES string of the molecule is CN1O[C@](C)(C=O)CC1c1ccc(C(F)(F)F)cc1. The number of alkyl halides is 3. The zero-order valence-electron chi connectivity index (χ0n) is 10.6. The predicted molar refractivity (Wildman–Crippen MR) is 62.1 cm³/mol. The monoisotopic (exact) mass is 273 g/mol. The Labute approximate surface area is 108 Å². The Kier molecular flexibility index (Phi) is 3.40. The summed E-state index contributed by atoms with van der Waals surface area (Å²) < 4.78 is 37.4. The number of halogens is 3. The Morgan fingerprint density at radius 3 is 2.37 bits per heavy atom. The standard InChI is InChI=1S/C13H14F3NO2/c1-12(8-18)7-11(17(2)19-12)9-3-5-10(6-4-9)13(14,15)16/h3-6,8,11H,7H2,1-2H3/t11?,12-/m0/s1. The molecule has 0 aliphatic carbocycles. The molecule has 1 aromatic carbocycles. The number of rotatable bonds is 2. The van der Waals surface area contributed by atoms with Gasteiger partial charge in [0.2, 0.25) is 0 Å². The normalized spacial score (nSPS) is 28.6. The lowest BCUT2D eigenvalue weighted by molar-refractivity contribution is -0.182. The zero-order chi connectivity index (χ0) is 14.3. The van der Waals surface area contributed by atoms with Gasteiger partial charge in [-0.25, -0.2) is 0 Å². The first-order valence-electron chi connectivity index (χ1n) is 5.81. The zero-order valence-corrected chi connectivity index (χ0v) is 10.6. The Hall–Kier alpha value is -1.40. The highest BCUT2D eigenvalue weighted by Crippen LogP contribution is 2.39. The van der Waals surface area contributed by atoms with E-state index in [4.69, 9.17) is 4.84 Å². The molecule has 1 aliphatic rings. The van der Waals surface area contributed by atoms with Gasteiger partial charge in [0.25, 0.3) is 0 Å². The third-order valence-corrected chi connectivity index (χ3v) is 3.26. The van der Waals surface area contributed by atoms with Crippen molar-refractivity contribution in [3.8, 4) is 0 Å². The molecular formula is C13H14F3NO2. The molecule has 1 heterocycles. The molecule has 2 rings (SSSR count). The first-order chi connectivity index (χ1) is 8.75. The number of hydrogen-bond acceptors (Lipinski definition) is 3. The van der Waals surface area contributed by atoms with Gasteiger partial charge in [0, 0.05) is 13.5 Å². The first-order valence-corrected chi connectivity index (χ1v) is 5.81. The van der Waals surface area contributed by atoms with Gasteiger partial charge < -0.3 is 4.79 Å². The third kappa shape index (κ3) is 2.79. The van der Waals surface area contributed by atoms with Crippen molar-refractivity contribution in [2.75, 3.05) is 7.05 Å². The van der Waals surface area contributed by atoms with E-state index in [1.54, 1.807) is 14.0 Å². The number of hydrogen-bond donors (Lipinski definition) is 0. The van der Waals surface area contributed by atoms with E-state index in [0.717, 1.165) is 12.1 Å². The van der Waals surface area contributed by atoms with Gasteiger partial charge in [0.05, 0.1) is 11.6 Å². The number of hydroxylamine groups is 2. The van der Waals surface area contributed by atoms with E-state index in [1.807, 2.05) is 0 Å². The van der Waals surface area contributed by atoms with Crippen molar-refractivity contribution in [2.24, 2.45) is 0 Å². The van der Waals surface area contributed by atoms with Gasteiger partial charge in [0.1, 0.15) is 5.60 Å². The van der Waals surface area contributed by atoms with Crippen molar-refractivity contribution in [1.29, 1.82) is 0 Å². The number of nitrogens with zero attached hydrogens (tertiary/aromatic N) is 1. The smallest absolute Gasteiger partial charge is 0.300 e. The fraction of sp³-hybridized carbons (Fsp3) is 0.462. The van der Waals surface area contributed by atoms with Crippen LogP contribution in [0.3, 0.4) is 0 Å². The summed E-state index contributed by atoms with van der Waals surface area (Å²) in [5, 5.41) is 1.51. The minimum Gasteiger partial charge on any atom is -0.300 e. The van der Waals surface area contributed by atoms with Crippen LogP contribution in [-0.4, -0.2) is 24.0 Å². The molecule has 0 spiro atoms. The van der Waals surface area contributed by atoms with Gasteiger partial charge in [-0.2, -0.15) is 18.2 Å². The van der Waals surface area contributed by atoms with E-state index in [0.29, 0.717) is 18.3 Å². The van der Waals surface area contributed by atoms with Crippen LogP contribution >= 0.6 is 0 Å². The predicted octanol–water partition coefficient (Wildman–Crippen LogP) is 2.97. The molecule has 0 aromatic heterocycles. The van der Waals surface area contributed by atoms with E-state index in [2.05, 4.69) is 0 Å². The van der Waals surface area contributed by atoms with Crippen LogP contribution in [0.25, 0.3) is 0 Å². The minimum atomic E-state index is -4.34. The molecule has 2 atom stereocenters. The molecule has 1 unspecified atom stereocenters. The van der Waals surface area contributed by atoms with E-state index in [9.17, 15) is 18.0 Å². The van der Waals surface area contributed by atoms with Gasteiger partial charge in [-0.1, -0.05) is 12.1 Å². The van der Waals surface area contributed by atoms with Crippen LogP contribution in [0, 0.1) is 0 Å². The van der Waals surface area contributed by atoms with Crippen LogP contribution < -0.4 is 0 Å². The minimum absolute atomic E-state index is 0.225. The lowest BCUT2D eigenvalue weighted by Gasteiger charge is -2.18. The number of benzene rings is 1. The Bertz CT molecular complexity index is 472. The van der Waals surface area contributed by atoms with Gasteiger partial charge in [-0.05, 0) is 24.6 Å². The molecule has 6 heteroatoms. The summed E-state index contributed by atoms with van der Waals surface area (Å²) in [7, 11) is 1.66. The summed E-state index contributed by atoms with van der Waals surface area (Å²) in [6.45, 7) is 1.65. The van der Waals surface area contributed by atoms with Gasteiger partial charge in [-0.15, -0.1) is 0 Å². The van der Waals surface area contributed by atoms with Crippen LogP contribution in [0.1, 0.15) is 30.5 Å². The van der Waals surface area contributed by atoms with Crippen molar-refractivity contribution >= 4 is 6.29 Å². The number of aldehydes is 1. The van der Waals surface area contributed by atoms with E-state index in [1.165, 1.54) is 17.2 Å². The maximum Gasteiger partial charge on any atom is 0.416 e. The van der Waals surface area contributed by atoms with Gasteiger partial charge in [-0.3, -0.25) is 4.84 Å². The first kappa shape index (κ1) is 14.0. The second-order valence-corrected chi connectivity index (χ2v) is 4.91. The summed E-state index contributed by atoms with van der Waals surface area (Å²) in [4.78, 5) is 16.3. The second kappa shape index (κ2) is 4.61. The molecule has 1 fully saturated rings. The summed E-state index contributed by atoms with van der Waals surface area (Å²) in [5.41, 5.74) is -0.903. The summed E-state index contributed by atoms with van der Waals surface area (Å²) in [6, 6.07) is 4.70. The highest BCUT2D eigenvalue weighted by atomic mass is 19.4. The van der Waals surface area contributed by atoms with Crippen molar-refractivity contribution in [1.82, 2.24) is 5.06 Å². The Morgan fingerprint density at radius 1 is 1.37 bits per heavy atom. The number of carbonyl (C=O) groups is 1.